The molecule has 0 aromatic carbocycles. The average Bonchev–Trinajstić information content (AvgIpc) is 2.46. The van der Waals surface area contributed by atoms with Crippen molar-refractivity contribution >= 4 is 0 Å². The van der Waals surface area contributed by atoms with Gasteiger partial charge >= 0.3 is 0 Å². The number of hydrogen-bond acceptors (Lipinski definition) is 3. The molecule has 0 aliphatic carbocycles. The standard InChI is InChI=1S/C16H28N2O/c17-11-5-3-1-2-4-6-13-19-14-8-10-16-9-7-12-18-15-16/h7,9,12,15H,1-6,8,10-11,13-14,17H2. The van der Waals surface area contributed by atoms with E-state index in [1.54, 1.807) is 0 Å². The number of nitrogens with two attached hydrogens (primary N) is 1. The summed E-state index contributed by atoms with van der Waals surface area (Å²) in [6.07, 6.45) is 13.5. The number of rotatable bonds is 12. The van der Waals surface area contributed by atoms with Crippen molar-refractivity contribution in [2.45, 2.75) is 51.4 Å². The van der Waals surface area contributed by atoms with Crippen molar-refractivity contribution in [2.75, 3.05) is 19.8 Å². The van der Waals surface area contributed by atoms with Crippen molar-refractivity contribution in [1.82, 2.24) is 4.98 Å². The second kappa shape index (κ2) is 12.1. The molecule has 1 heterocycles. The Hall–Kier alpha value is -0.930. The van der Waals surface area contributed by atoms with Crippen LogP contribution in [-0.4, -0.2) is 24.7 Å². The van der Waals surface area contributed by atoms with Gasteiger partial charge in [0.25, 0.3) is 0 Å². The Morgan fingerprint density at radius 2 is 1.68 bits per heavy atom. The zero-order valence-corrected chi connectivity index (χ0v) is 12.0. The fraction of sp³-hybridized carbons (Fsp3) is 0.688. The van der Waals surface area contributed by atoms with Crippen LogP contribution in [0, 0.1) is 0 Å². The van der Waals surface area contributed by atoms with Gasteiger partial charge in [0.15, 0.2) is 0 Å². The Labute approximate surface area is 117 Å². The third kappa shape index (κ3) is 9.62. The van der Waals surface area contributed by atoms with Gasteiger partial charge in [0.05, 0.1) is 0 Å². The molecule has 3 nitrogen and oxygen atoms in total. The van der Waals surface area contributed by atoms with Crippen LogP contribution in [0.4, 0.5) is 0 Å². The minimum absolute atomic E-state index is 0.833. The van der Waals surface area contributed by atoms with Crippen LogP contribution in [0.25, 0.3) is 0 Å². The maximum atomic E-state index is 5.64. The number of pyridine rings is 1. The van der Waals surface area contributed by atoms with Gasteiger partial charge in [-0.05, 0) is 43.9 Å². The number of hydrogen-bond donors (Lipinski definition) is 1. The maximum Gasteiger partial charge on any atom is 0.0469 e. The molecule has 0 unspecified atom stereocenters. The summed E-state index contributed by atoms with van der Waals surface area (Å²) in [5.41, 5.74) is 6.75. The van der Waals surface area contributed by atoms with E-state index in [4.69, 9.17) is 10.5 Å². The molecule has 1 aromatic rings. The molecular weight excluding hydrogens is 236 g/mol. The van der Waals surface area contributed by atoms with E-state index >= 15 is 0 Å². The summed E-state index contributed by atoms with van der Waals surface area (Å²) < 4.78 is 5.64. The first kappa shape index (κ1) is 16.1. The largest absolute Gasteiger partial charge is 0.381 e. The Kier molecular flexibility index (Phi) is 10.3. The molecule has 0 atom stereocenters. The fourth-order valence-corrected chi connectivity index (χ4v) is 2.08. The van der Waals surface area contributed by atoms with E-state index in [-0.39, 0.29) is 0 Å². The summed E-state index contributed by atoms with van der Waals surface area (Å²) in [4.78, 5) is 4.11. The first-order valence-electron chi connectivity index (χ1n) is 7.60. The van der Waals surface area contributed by atoms with Crippen LogP contribution in [0.2, 0.25) is 0 Å². The molecule has 2 N–H and O–H groups in total. The van der Waals surface area contributed by atoms with Crippen molar-refractivity contribution in [3.63, 3.8) is 0 Å². The molecule has 3 heteroatoms. The summed E-state index contributed by atoms with van der Waals surface area (Å²) in [6, 6.07) is 4.11. The molecule has 108 valence electrons. The molecule has 0 radical (unpaired) electrons. The summed E-state index contributed by atoms with van der Waals surface area (Å²) in [5, 5.41) is 0. The molecule has 0 amide bonds. The Balaban J connectivity index is 1.79. The zero-order chi connectivity index (χ0) is 13.6. The molecule has 0 bridgehead atoms. The van der Waals surface area contributed by atoms with Gasteiger partial charge in [-0.2, -0.15) is 0 Å². The Morgan fingerprint density at radius 1 is 0.947 bits per heavy atom. The van der Waals surface area contributed by atoms with E-state index < -0.39 is 0 Å². The first-order valence-corrected chi connectivity index (χ1v) is 7.60. The number of unbranched alkanes of at least 4 members (excludes halogenated alkanes) is 5. The van der Waals surface area contributed by atoms with Gasteiger partial charge in [0.2, 0.25) is 0 Å². The van der Waals surface area contributed by atoms with Crippen LogP contribution in [0.3, 0.4) is 0 Å². The predicted molar refractivity (Wildman–Crippen MR) is 80.1 cm³/mol. The van der Waals surface area contributed by atoms with E-state index in [1.165, 1.54) is 44.1 Å². The lowest BCUT2D eigenvalue weighted by Crippen LogP contribution is -1.99. The van der Waals surface area contributed by atoms with Crippen molar-refractivity contribution in [3.8, 4) is 0 Å². The molecule has 0 aliphatic rings. The summed E-state index contributed by atoms with van der Waals surface area (Å²) >= 11 is 0. The van der Waals surface area contributed by atoms with Gasteiger partial charge in [0, 0.05) is 25.6 Å². The lowest BCUT2D eigenvalue weighted by Gasteiger charge is -2.04. The minimum Gasteiger partial charge on any atom is -0.381 e. The summed E-state index contributed by atoms with van der Waals surface area (Å²) in [7, 11) is 0. The molecule has 0 saturated carbocycles. The molecular formula is C16H28N2O. The highest BCUT2D eigenvalue weighted by Gasteiger charge is 1.94. The minimum atomic E-state index is 0.833. The number of nitrogens with zero attached hydrogens (tertiary/aromatic N) is 1. The maximum absolute atomic E-state index is 5.64. The second-order valence-electron chi connectivity index (χ2n) is 4.99. The zero-order valence-electron chi connectivity index (χ0n) is 12.0. The molecule has 19 heavy (non-hydrogen) atoms. The number of aromatic nitrogens is 1. The van der Waals surface area contributed by atoms with Gasteiger partial charge in [-0.1, -0.05) is 31.7 Å². The summed E-state index contributed by atoms with van der Waals surface area (Å²) in [5.74, 6) is 0. The molecule has 0 fully saturated rings. The number of ether oxygens (including phenoxy) is 1. The van der Waals surface area contributed by atoms with Crippen LogP contribution in [0.5, 0.6) is 0 Å². The number of aryl methyl sites for hydroxylation is 1. The average molecular weight is 264 g/mol. The highest BCUT2D eigenvalue weighted by Crippen LogP contribution is 2.05. The van der Waals surface area contributed by atoms with Gasteiger partial charge < -0.3 is 10.5 Å². The quantitative estimate of drug-likeness (QED) is 0.589. The molecule has 0 aliphatic heterocycles. The molecule has 0 saturated heterocycles. The van der Waals surface area contributed by atoms with Crippen LogP contribution in [-0.2, 0) is 11.2 Å². The highest BCUT2D eigenvalue weighted by molar-refractivity contribution is 5.08. The fourth-order valence-electron chi connectivity index (χ4n) is 2.08. The van der Waals surface area contributed by atoms with Gasteiger partial charge in [-0.3, -0.25) is 4.98 Å². The Morgan fingerprint density at radius 3 is 2.42 bits per heavy atom. The van der Waals surface area contributed by atoms with Crippen molar-refractivity contribution < 1.29 is 4.74 Å². The van der Waals surface area contributed by atoms with Crippen LogP contribution in [0.15, 0.2) is 24.5 Å². The van der Waals surface area contributed by atoms with Crippen LogP contribution in [0.1, 0.15) is 50.5 Å². The smallest absolute Gasteiger partial charge is 0.0469 e. The SMILES string of the molecule is NCCCCCCCCOCCCc1cccnc1. The van der Waals surface area contributed by atoms with E-state index in [0.29, 0.717) is 0 Å². The Bertz CT molecular complexity index is 290. The van der Waals surface area contributed by atoms with Gasteiger partial charge in [-0.15, -0.1) is 0 Å². The van der Waals surface area contributed by atoms with E-state index in [9.17, 15) is 0 Å². The summed E-state index contributed by atoms with van der Waals surface area (Å²) in [6.45, 7) is 2.60. The predicted octanol–water partition coefficient (Wildman–Crippen LogP) is 3.33. The molecule has 0 spiro atoms. The third-order valence-corrected chi connectivity index (χ3v) is 3.22. The van der Waals surface area contributed by atoms with Crippen LogP contribution < -0.4 is 5.73 Å². The van der Waals surface area contributed by atoms with Crippen molar-refractivity contribution in [3.05, 3.63) is 30.1 Å². The second-order valence-corrected chi connectivity index (χ2v) is 4.99. The van der Waals surface area contributed by atoms with Gasteiger partial charge in [-0.25, -0.2) is 0 Å². The normalized spacial score (nSPS) is 10.8. The molecule has 1 aromatic heterocycles. The molecule has 1 rings (SSSR count). The lowest BCUT2D eigenvalue weighted by atomic mass is 10.1. The highest BCUT2D eigenvalue weighted by atomic mass is 16.5. The van der Waals surface area contributed by atoms with Crippen molar-refractivity contribution in [1.29, 1.82) is 0 Å². The first-order chi connectivity index (χ1) is 9.43. The van der Waals surface area contributed by atoms with E-state index in [0.717, 1.165) is 32.6 Å². The van der Waals surface area contributed by atoms with E-state index in [1.807, 2.05) is 18.5 Å². The van der Waals surface area contributed by atoms with E-state index in [2.05, 4.69) is 11.1 Å². The lowest BCUT2D eigenvalue weighted by molar-refractivity contribution is 0.127. The van der Waals surface area contributed by atoms with Crippen LogP contribution >= 0.6 is 0 Å². The third-order valence-electron chi connectivity index (χ3n) is 3.22. The van der Waals surface area contributed by atoms with Gasteiger partial charge in [0.1, 0.15) is 0 Å². The monoisotopic (exact) mass is 264 g/mol. The van der Waals surface area contributed by atoms with Crippen molar-refractivity contribution in [2.24, 2.45) is 5.73 Å². The topological polar surface area (TPSA) is 48.1 Å².